The van der Waals surface area contributed by atoms with Crippen LogP contribution >= 0.6 is 0 Å². The van der Waals surface area contributed by atoms with Gasteiger partial charge in [0.25, 0.3) is 0 Å². The Hall–Kier alpha value is -0.410. The molecule has 2 saturated heterocycles. The third kappa shape index (κ3) is 1.39. The summed E-state index contributed by atoms with van der Waals surface area (Å²) in [6, 6.07) is 0. The van der Waals surface area contributed by atoms with E-state index in [4.69, 9.17) is 9.47 Å². The van der Waals surface area contributed by atoms with Gasteiger partial charge in [-0.2, -0.15) is 0 Å². The molecule has 3 nitrogen and oxygen atoms in total. The molecule has 0 aromatic rings. The van der Waals surface area contributed by atoms with Crippen LogP contribution in [0.25, 0.3) is 0 Å². The van der Waals surface area contributed by atoms with E-state index >= 15 is 0 Å². The SMILES string of the molecule is CC1(C)C[C@@]2(CO2)C[C@@H](C=O)O1. The normalized spacial score (nSPS) is 44.3. The van der Waals surface area contributed by atoms with Gasteiger partial charge in [-0.3, -0.25) is 0 Å². The summed E-state index contributed by atoms with van der Waals surface area (Å²) in [4.78, 5) is 10.6. The van der Waals surface area contributed by atoms with Crippen LogP contribution in [0.5, 0.6) is 0 Å². The van der Waals surface area contributed by atoms with Gasteiger partial charge < -0.3 is 14.3 Å². The molecule has 1 spiro atoms. The molecule has 12 heavy (non-hydrogen) atoms. The van der Waals surface area contributed by atoms with E-state index < -0.39 is 0 Å². The summed E-state index contributed by atoms with van der Waals surface area (Å²) in [6.45, 7) is 4.81. The number of carbonyl (C=O) groups is 1. The van der Waals surface area contributed by atoms with Crippen molar-refractivity contribution < 1.29 is 14.3 Å². The summed E-state index contributed by atoms with van der Waals surface area (Å²) < 4.78 is 10.9. The topological polar surface area (TPSA) is 38.8 Å². The van der Waals surface area contributed by atoms with Crippen LogP contribution in [0, 0.1) is 0 Å². The van der Waals surface area contributed by atoms with Gasteiger partial charge in [0, 0.05) is 12.8 Å². The zero-order valence-corrected chi connectivity index (χ0v) is 7.50. The summed E-state index contributed by atoms with van der Waals surface area (Å²) >= 11 is 0. The molecule has 3 heteroatoms. The van der Waals surface area contributed by atoms with Crippen LogP contribution in [-0.4, -0.2) is 30.2 Å². The fourth-order valence-electron chi connectivity index (χ4n) is 2.11. The van der Waals surface area contributed by atoms with E-state index in [-0.39, 0.29) is 17.3 Å². The second-order valence-electron chi connectivity index (χ2n) is 4.40. The van der Waals surface area contributed by atoms with Gasteiger partial charge >= 0.3 is 0 Å². The van der Waals surface area contributed by atoms with Gasteiger partial charge in [-0.25, -0.2) is 0 Å². The number of epoxide rings is 1. The van der Waals surface area contributed by atoms with Crippen LogP contribution in [0.3, 0.4) is 0 Å². The lowest BCUT2D eigenvalue weighted by atomic mass is 9.86. The summed E-state index contributed by atoms with van der Waals surface area (Å²) in [7, 11) is 0. The molecule has 2 rings (SSSR count). The van der Waals surface area contributed by atoms with Gasteiger partial charge in [-0.15, -0.1) is 0 Å². The van der Waals surface area contributed by atoms with Crippen molar-refractivity contribution in [3.05, 3.63) is 0 Å². The monoisotopic (exact) mass is 170 g/mol. The molecule has 0 N–H and O–H groups in total. The van der Waals surface area contributed by atoms with Crippen molar-refractivity contribution in [2.24, 2.45) is 0 Å². The van der Waals surface area contributed by atoms with Crippen molar-refractivity contribution in [3.63, 3.8) is 0 Å². The predicted octanol–water partition coefficient (Wildman–Crippen LogP) is 0.912. The Labute approximate surface area is 72.0 Å². The maximum Gasteiger partial charge on any atom is 0.148 e. The number of carbonyl (C=O) groups excluding carboxylic acids is 1. The van der Waals surface area contributed by atoms with Crippen molar-refractivity contribution in [1.82, 2.24) is 0 Å². The van der Waals surface area contributed by atoms with Crippen LogP contribution in [0.2, 0.25) is 0 Å². The quantitative estimate of drug-likeness (QED) is 0.433. The highest BCUT2D eigenvalue weighted by Crippen LogP contribution is 2.45. The van der Waals surface area contributed by atoms with E-state index in [9.17, 15) is 4.79 Å². The van der Waals surface area contributed by atoms with E-state index in [0.717, 1.165) is 25.7 Å². The van der Waals surface area contributed by atoms with Crippen LogP contribution in [-0.2, 0) is 14.3 Å². The lowest BCUT2D eigenvalue weighted by molar-refractivity contribution is -0.148. The van der Waals surface area contributed by atoms with E-state index in [1.807, 2.05) is 13.8 Å². The smallest absolute Gasteiger partial charge is 0.148 e. The minimum atomic E-state index is -0.267. The Morgan fingerprint density at radius 2 is 2.17 bits per heavy atom. The van der Waals surface area contributed by atoms with Crippen molar-refractivity contribution in [1.29, 1.82) is 0 Å². The summed E-state index contributed by atoms with van der Waals surface area (Å²) in [5, 5.41) is 0. The highest BCUT2D eigenvalue weighted by molar-refractivity contribution is 5.56. The Morgan fingerprint density at radius 1 is 1.50 bits per heavy atom. The lowest BCUT2D eigenvalue weighted by Gasteiger charge is -2.37. The minimum Gasteiger partial charge on any atom is -0.369 e. The molecule has 0 radical (unpaired) electrons. The third-order valence-electron chi connectivity index (χ3n) is 2.50. The molecule has 0 bridgehead atoms. The number of rotatable bonds is 1. The van der Waals surface area contributed by atoms with Crippen molar-refractivity contribution in [2.75, 3.05) is 6.61 Å². The fraction of sp³-hybridized carbons (Fsp3) is 0.889. The summed E-state index contributed by atoms with van der Waals surface area (Å²) in [6.07, 6.45) is 2.26. The largest absolute Gasteiger partial charge is 0.369 e. The second kappa shape index (κ2) is 2.30. The zero-order valence-electron chi connectivity index (χ0n) is 7.50. The highest BCUT2D eigenvalue weighted by atomic mass is 16.6. The average Bonchev–Trinajstić information content (AvgIpc) is 2.65. The molecule has 0 aliphatic carbocycles. The van der Waals surface area contributed by atoms with Crippen LogP contribution in [0.4, 0.5) is 0 Å². The number of aldehydes is 1. The van der Waals surface area contributed by atoms with Crippen LogP contribution in [0.15, 0.2) is 0 Å². The second-order valence-corrected chi connectivity index (χ2v) is 4.40. The Kier molecular flexibility index (Phi) is 1.57. The van der Waals surface area contributed by atoms with Crippen molar-refractivity contribution in [3.8, 4) is 0 Å². The van der Waals surface area contributed by atoms with E-state index in [0.29, 0.717) is 0 Å². The Morgan fingerprint density at radius 3 is 2.67 bits per heavy atom. The maximum absolute atomic E-state index is 10.6. The van der Waals surface area contributed by atoms with Gasteiger partial charge in [0.15, 0.2) is 0 Å². The fourth-order valence-corrected chi connectivity index (χ4v) is 2.11. The first-order chi connectivity index (χ1) is 5.55. The molecule has 2 fully saturated rings. The van der Waals surface area contributed by atoms with E-state index in [2.05, 4.69) is 0 Å². The van der Waals surface area contributed by atoms with Crippen LogP contribution < -0.4 is 0 Å². The first-order valence-electron chi connectivity index (χ1n) is 4.32. The molecule has 0 aromatic heterocycles. The third-order valence-corrected chi connectivity index (χ3v) is 2.50. The van der Waals surface area contributed by atoms with Crippen molar-refractivity contribution >= 4 is 6.29 Å². The van der Waals surface area contributed by atoms with Gasteiger partial charge in [0.2, 0.25) is 0 Å². The summed E-state index contributed by atoms with van der Waals surface area (Å²) in [5.41, 5.74) is -0.229. The molecule has 68 valence electrons. The van der Waals surface area contributed by atoms with Crippen LogP contribution in [0.1, 0.15) is 26.7 Å². The number of hydrogen-bond acceptors (Lipinski definition) is 3. The molecule has 0 saturated carbocycles. The Balaban J connectivity index is 2.10. The standard InChI is InChI=1S/C9H14O3/c1-8(2)5-9(6-11-9)3-7(4-10)12-8/h4,7H,3,5-6H2,1-2H3/t7-,9+/m0/s1. The van der Waals surface area contributed by atoms with Gasteiger partial charge in [-0.1, -0.05) is 0 Å². The summed E-state index contributed by atoms with van der Waals surface area (Å²) in [5.74, 6) is 0. The zero-order chi connectivity index (χ0) is 8.82. The first-order valence-corrected chi connectivity index (χ1v) is 4.32. The highest BCUT2D eigenvalue weighted by Gasteiger charge is 2.54. The molecule has 2 aliphatic heterocycles. The Bertz CT molecular complexity index is 200. The molecule has 2 atom stereocenters. The molecular weight excluding hydrogens is 156 g/mol. The van der Waals surface area contributed by atoms with Crippen molar-refractivity contribution in [2.45, 2.75) is 44.0 Å². The molecule has 0 amide bonds. The number of hydrogen-bond donors (Lipinski definition) is 0. The maximum atomic E-state index is 10.6. The van der Waals surface area contributed by atoms with Gasteiger partial charge in [0.1, 0.15) is 12.4 Å². The van der Waals surface area contributed by atoms with Gasteiger partial charge in [-0.05, 0) is 13.8 Å². The lowest BCUT2D eigenvalue weighted by Crippen LogP contribution is -2.44. The molecule has 2 aliphatic rings. The van der Waals surface area contributed by atoms with E-state index in [1.165, 1.54) is 0 Å². The molecule has 0 unspecified atom stereocenters. The first kappa shape index (κ1) is 8.20. The minimum absolute atomic E-state index is 0.0205. The van der Waals surface area contributed by atoms with E-state index in [1.54, 1.807) is 0 Å². The molecule has 2 heterocycles. The number of ether oxygens (including phenoxy) is 2. The average molecular weight is 170 g/mol. The molecule has 0 aromatic carbocycles. The predicted molar refractivity (Wildman–Crippen MR) is 42.9 cm³/mol. The molecular formula is C9H14O3. The van der Waals surface area contributed by atoms with Gasteiger partial charge in [0.05, 0.1) is 17.8 Å².